The molecule has 0 aromatic heterocycles. The van der Waals surface area contributed by atoms with Gasteiger partial charge in [0, 0.05) is 6.92 Å². The number of Topliss-reactive ketones (excluding diaryl/α,β-unsaturated/α-hetero) is 5. The van der Waals surface area contributed by atoms with Gasteiger partial charge in [-0.1, -0.05) is 0 Å². The monoisotopic (exact) mass is 390 g/mol. The number of hydrogen-bond acceptors (Lipinski definition) is 11. The van der Waals surface area contributed by atoms with Gasteiger partial charge in [0.1, 0.15) is 6.10 Å². The Morgan fingerprint density at radius 1 is 0.778 bits per heavy atom. The zero-order valence-electron chi connectivity index (χ0n) is 15.3. The van der Waals surface area contributed by atoms with Crippen LogP contribution in [0.1, 0.15) is 34.6 Å². The summed E-state index contributed by atoms with van der Waals surface area (Å²) in [5.41, 5.74) is -11.3. The molecule has 0 aliphatic carbocycles. The highest BCUT2D eigenvalue weighted by Gasteiger charge is 2.84. The minimum atomic E-state index is -3.87. The van der Waals surface area contributed by atoms with E-state index in [0.29, 0.717) is 27.7 Å². The van der Waals surface area contributed by atoms with E-state index in [1.165, 1.54) is 0 Å². The van der Waals surface area contributed by atoms with E-state index >= 15 is 0 Å². The third kappa shape index (κ3) is 2.54. The van der Waals surface area contributed by atoms with Crippen molar-refractivity contribution in [1.29, 1.82) is 0 Å². The number of hydrogen-bond donors (Lipinski definition) is 5. The average Bonchev–Trinajstić information content (AvgIpc) is 2.54. The fourth-order valence-electron chi connectivity index (χ4n) is 3.33. The molecule has 1 saturated heterocycles. The fourth-order valence-corrected chi connectivity index (χ4v) is 3.33. The van der Waals surface area contributed by atoms with Gasteiger partial charge in [0.25, 0.3) is 5.79 Å². The molecule has 0 spiro atoms. The lowest BCUT2D eigenvalue weighted by atomic mass is 9.57. The van der Waals surface area contributed by atoms with Crippen LogP contribution < -0.4 is 0 Å². The summed E-state index contributed by atoms with van der Waals surface area (Å²) in [5, 5.41) is 52.9. The molecule has 6 atom stereocenters. The van der Waals surface area contributed by atoms with Crippen molar-refractivity contribution < 1.29 is 54.2 Å². The molecule has 0 radical (unpaired) electrons. The van der Waals surface area contributed by atoms with Crippen molar-refractivity contribution in [3.8, 4) is 0 Å². The molecule has 1 heterocycles. The van der Waals surface area contributed by atoms with Crippen molar-refractivity contribution in [1.82, 2.24) is 0 Å². The van der Waals surface area contributed by atoms with Crippen LogP contribution in [-0.2, 0) is 28.7 Å². The van der Waals surface area contributed by atoms with Gasteiger partial charge in [0.05, 0.1) is 0 Å². The summed E-state index contributed by atoms with van der Waals surface area (Å²) in [4.78, 5) is 61.0. The molecule has 0 saturated carbocycles. The largest absolute Gasteiger partial charge is 0.386 e. The van der Waals surface area contributed by atoms with Gasteiger partial charge in [-0.3, -0.25) is 24.0 Å². The van der Waals surface area contributed by atoms with Gasteiger partial charge in [-0.2, -0.15) is 0 Å². The average molecular weight is 390 g/mol. The van der Waals surface area contributed by atoms with Crippen LogP contribution in [0.15, 0.2) is 0 Å². The number of aliphatic hydroxyl groups excluding tert-OH is 1. The predicted octanol–water partition coefficient (Wildman–Crippen LogP) is -3.43. The number of aliphatic hydroxyl groups is 5. The van der Waals surface area contributed by atoms with E-state index in [4.69, 9.17) is 4.74 Å². The predicted molar refractivity (Wildman–Crippen MR) is 84.1 cm³/mol. The first-order valence-electron chi connectivity index (χ1n) is 7.81. The molecule has 5 N–H and O–H groups in total. The van der Waals surface area contributed by atoms with E-state index in [-0.39, 0.29) is 0 Å². The van der Waals surface area contributed by atoms with Crippen LogP contribution in [0.2, 0.25) is 0 Å². The lowest BCUT2D eigenvalue weighted by Crippen LogP contribution is -2.91. The van der Waals surface area contributed by atoms with E-state index < -0.39 is 63.7 Å². The highest BCUT2D eigenvalue weighted by molar-refractivity contribution is 6.11. The van der Waals surface area contributed by atoms with Crippen LogP contribution >= 0.6 is 0 Å². The summed E-state index contributed by atoms with van der Waals surface area (Å²) in [6, 6.07) is 0. The molecule has 1 aliphatic rings. The Hall–Kier alpha value is -1.89. The maximum Gasteiger partial charge on any atom is 0.267 e. The summed E-state index contributed by atoms with van der Waals surface area (Å²) in [7, 11) is 0. The van der Waals surface area contributed by atoms with Gasteiger partial charge in [-0.15, -0.1) is 0 Å². The highest BCUT2D eigenvalue weighted by atomic mass is 16.7. The molecule has 0 aromatic rings. The fraction of sp³-hybridized carbons (Fsp3) is 0.688. The second-order valence-electron chi connectivity index (χ2n) is 6.63. The minimum Gasteiger partial charge on any atom is -0.386 e. The van der Waals surface area contributed by atoms with Gasteiger partial charge in [0.15, 0.2) is 40.6 Å². The van der Waals surface area contributed by atoms with Crippen LogP contribution in [0.5, 0.6) is 0 Å². The molecule has 1 fully saturated rings. The molecular weight excluding hydrogens is 368 g/mol. The lowest BCUT2D eigenvalue weighted by Gasteiger charge is -2.59. The first-order valence-corrected chi connectivity index (χ1v) is 7.81. The molecule has 1 rings (SSSR count). The topological polar surface area (TPSA) is 196 Å². The normalized spacial score (nSPS) is 40.1. The Bertz CT molecular complexity index is 728. The summed E-state index contributed by atoms with van der Waals surface area (Å²) in [5.74, 6) is -11.5. The Morgan fingerprint density at radius 3 is 1.44 bits per heavy atom. The van der Waals surface area contributed by atoms with Crippen molar-refractivity contribution in [3.05, 3.63) is 0 Å². The molecule has 1 aliphatic heterocycles. The van der Waals surface area contributed by atoms with Crippen molar-refractivity contribution >= 4 is 28.9 Å². The third-order valence-electron chi connectivity index (χ3n) is 4.94. The van der Waals surface area contributed by atoms with Gasteiger partial charge in [-0.05, 0) is 27.7 Å². The van der Waals surface area contributed by atoms with Gasteiger partial charge in [0.2, 0.25) is 11.2 Å². The molecule has 1 unspecified atom stereocenters. The number of carbonyl (C=O) groups excluding carboxylic acids is 5. The Morgan fingerprint density at radius 2 is 1.19 bits per heavy atom. The van der Waals surface area contributed by atoms with E-state index in [0.717, 1.165) is 6.92 Å². The maximum absolute atomic E-state index is 12.3. The maximum atomic E-state index is 12.3. The summed E-state index contributed by atoms with van der Waals surface area (Å²) in [6.45, 7) is 3.21. The molecule has 0 bridgehead atoms. The standard InChI is InChI=1S/C16H22O11/c1-6(17)11(22)12-13(23,7(2)18)14(24,8(3)19)15(25,9(4)20)16(26,27-12)10(5)21/h6,12,17,23-26H,1-5H3/t6?,12-,13-,14+,15-,16-/m1/s1. The van der Waals surface area contributed by atoms with Crippen molar-refractivity contribution in [2.24, 2.45) is 0 Å². The molecule has 0 aromatic carbocycles. The highest BCUT2D eigenvalue weighted by Crippen LogP contribution is 2.51. The second kappa shape index (κ2) is 6.62. The van der Waals surface area contributed by atoms with Crippen LogP contribution in [0.4, 0.5) is 0 Å². The smallest absolute Gasteiger partial charge is 0.267 e. The van der Waals surface area contributed by atoms with E-state index in [2.05, 4.69) is 0 Å². The number of ketones is 5. The van der Waals surface area contributed by atoms with Gasteiger partial charge in [-0.25, -0.2) is 0 Å². The second-order valence-corrected chi connectivity index (χ2v) is 6.63. The first-order chi connectivity index (χ1) is 12.0. The molecular formula is C16H22O11. The van der Waals surface area contributed by atoms with Crippen LogP contribution in [0.25, 0.3) is 0 Å². The first kappa shape index (κ1) is 23.1. The van der Waals surface area contributed by atoms with Gasteiger partial charge >= 0.3 is 0 Å². The molecule has 11 nitrogen and oxygen atoms in total. The zero-order chi connectivity index (χ0) is 21.7. The van der Waals surface area contributed by atoms with E-state index in [1.807, 2.05) is 0 Å². The van der Waals surface area contributed by atoms with Crippen LogP contribution in [0.3, 0.4) is 0 Å². The van der Waals surface area contributed by atoms with Crippen molar-refractivity contribution in [3.63, 3.8) is 0 Å². The summed E-state index contributed by atoms with van der Waals surface area (Å²) in [6.07, 6.45) is -4.62. The molecule has 0 amide bonds. The minimum absolute atomic E-state index is 0.553. The summed E-state index contributed by atoms with van der Waals surface area (Å²) < 4.78 is 4.80. The number of carbonyl (C=O) groups is 5. The molecule has 152 valence electrons. The zero-order valence-corrected chi connectivity index (χ0v) is 15.3. The van der Waals surface area contributed by atoms with Crippen molar-refractivity contribution in [2.45, 2.75) is 69.4 Å². The number of ether oxygens (including phenoxy) is 1. The third-order valence-corrected chi connectivity index (χ3v) is 4.94. The molecule has 27 heavy (non-hydrogen) atoms. The molecule has 11 heteroatoms. The van der Waals surface area contributed by atoms with Crippen LogP contribution in [0, 0.1) is 0 Å². The quantitative estimate of drug-likeness (QED) is 0.303. The SMILES string of the molecule is CC(=O)[C@@]1(O)[C@](O)(C(C)=O)[C@@](O)(C(C)=O)O[C@H](C(=O)C(C)O)[C@]1(O)C(C)=O. The Labute approximate surface area is 153 Å². The Kier molecular flexibility index (Phi) is 5.67. The van der Waals surface area contributed by atoms with E-state index in [9.17, 15) is 49.5 Å². The Balaban J connectivity index is 4.15. The van der Waals surface area contributed by atoms with Crippen LogP contribution in [-0.4, -0.2) is 89.2 Å². The number of rotatable bonds is 6. The lowest BCUT2D eigenvalue weighted by molar-refractivity contribution is -0.381. The summed E-state index contributed by atoms with van der Waals surface area (Å²) >= 11 is 0. The van der Waals surface area contributed by atoms with Gasteiger partial charge < -0.3 is 30.3 Å². The van der Waals surface area contributed by atoms with Crippen molar-refractivity contribution in [2.75, 3.05) is 0 Å². The van der Waals surface area contributed by atoms with E-state index in [1.54, 1.807) is 0 Å².